The maximum Gasteiger partial charge on any atom is 0.258 e. The molecule has 0 radical (unpaired) electrons. The highest BCUT2D eigenvalue weighted by molar-refractivity contribution is 6.07. The average Bonchev–Trinajstić information content (AvgIpc) is 2.91. The second-order valence-electron chi connectivity index (χ2n) is 8.14. The van der Waals surface area contributed by atoms with Crippen LogP contribution in [0.25, 0.3) is 10.9 Å². The number of carbonyl (C=O) groups is 1. The van der Waals surface area contributed by atoms with Gasteiger partial charge in [-0.25, -0.2) is 0 Å². The standard InChI is InChI=1S/C28H28N2O6/c1-17-9-8-10-18-13-20(27(31)29-25(17)18)16-30(21-11-6-7-12-22(21)33-2)28(32)19-14-23(34-3)26(36-5)24(15-19)35-4/h6-15H,16H2,1-5H3,(H,29,31). The van der Waals surface area contributed by atoms with E-state index in [1.165, 1.54) is 33.3 Å². The van der Waals surface area contributed by atoms with Crippen LogP contribution in [0.2, 0.25) is 0 Å². The number of aromatic amines is 1. The summed E-state index contributed by atoms with van der Waals surface area (Å²) in [6.45, 7) is 1.95. The Kier molecular flexibility index (Phi) is 7.15. The highest BCUT2D eigenvalue weighted by Gasteiger charge is 2.25. The third-order valence-electron chi connectivity index (χ3n) is 6.03. The van der Waals surface area contributed by atoms with E-state index in [1.807, 2.05) is 37.3 Å². The number of para-hydroxylation sites is 3. The number of ether oxygens (including phenoxy) is 4. The number of rotatable bonds is 8. The monoisotopic (exact) mass is 488 g/mol. The number of amides is 1. The van der Waals surface area contributed by atoms with Crippen LogP contribution in [-0.4, -0.2) is 39.3 Å². The molecule has 1 aromatic heterocycles. The highest BCUT2D eigenvalue weighted by Crippen LogP contribution is 2.39. The van der Waals surface area contributed by atoms with Crippen molar-refractivity contribution in [3.63, 3.8) is 0 Å². The van der Waals surface area contributed by atoms with Crippen molar-refractivity contribution in [2.24, 2.45) is 0 Å². The van der Waals surface area contributed by atoms with Crippen molar-refractivity contribution >= 4 is 22.5 Å². The van der Waals surface area contributed by atoms with Gasteiger partial charge in [0, 0.05) is 11.1 Å². The summed E-state index contributed by atoms with van der Waals surface area (Å²) in [4.78, 5) is 31.5. The van der Waals surface area contributed by atoms with Gasteiger partial charge in [-0.2, -0.15) is 0 Å². The van der Waals surface area contributed by atoms with Crippen molar-refractivity contribution in [3.8, 4) is 23.0 Å². The Balaban J connectivity index is 1.87. The molecule has 0 aliphatic heterocycles. The summed E-state index contributed by atoms with van der Waals surface area (Å²) in [6.07, 6.45) is 0. The molecule has 0 bridgehead atoms. The van der Waals surface area contributed by atoms with Crippen molar-refractivity contribution in [1.29, 1.82) is 0 Å². The molecule has 186 valence electrons. The van der Waals surface area contributed by atoms with Crippen molar-refractivity contribution in [1.82, 2.24) is 4.98 Å². The number of benzene rings is 3. The Morgan fingerprint density at radius 2 is 1.50 bits per heavy atom. The zero-order valence-corrected chi connectivity index (χ0v) is 20.9. The SMILES string of the molecule is COc1ccccc1N(Cc1cc2cccc(C)c2[nH]c1=O)C(=O)c1cc(OC)c(OC)c(OC)c1. The summed E-state index contributed by atoms with van der Waals surface area (Å²) in [7, 11) is 6.00. The van der Waals surface area contributed by atoms with Crippen molar-refractivity contribution < 1.29 is 23.7 Å². The van der Waals surface area contributed by atoms with Crippen LogP contribution in [-0.2, 0) is 6.54 Å². The summed E-state index contributed by atoms with van der Waals surface area (Å²) in [6, 6.07) is 17.9. The van der Waals surface area contributed by atoms with E-state index in [4.69, 9.17) is 18.9 Å². The number of hydrogen-bond acceptors (Lipinski definition) is 6. The summed E-state index contributed by atoms with van der Waals surface area (Å²) < 4.78 is 21.8. The minimum atomic E-state index is -0.373. The molecule has 0 unspecified atom stereocenters. The number of hydrogen-bond donors (Lipinski definition) is 1. The molecule has 4 aromatic rings. The molecule has 0 aliphatic rings. The number of anilines is 1. The third kappa shape index (κ3) is 4.57. The number of fused-ring (bicyclic) bond motifs is 1. The van der Waals surface area contributed by atoms with Gasteiger partial charge in [-0.05, 0) is 48.2 Å². The molecular formula is C28H28N2O6. The van der Waals surface area contributed by atoms with E-state index in [0.29, 0.717) is 39.8 Å². The van der Waals surface area contributed by atoms with Crippen LogP contribution in [0, 0.1) is 6.92 Å². The van der Waals surface area contributed by atoms with E-state index in [-0.39, 0.29) is 18.0 Å². The van der Waals surface area contributed by atoms with Gasteiger partial charge in [0.25, 0.3) is 11.5 Å². The fourth-order valence-electron chi connectivity index (χ4n) is 4.20. The lowest BCUT2D eigenvalue weighted by molar-refractivity contribution is 0.0983. The second-order valence-corrected chi connectivity index (χ2v) is 8.14. The third-order valence-corrected chi connectivity index (χ3v) is 6.03. The maximum absolute atomic E-state index is 14.0. The number of aromatic nitrogens is 1. The molecular weight excluding hydrogens is 460 g/mol. The minimum absolute atomic E-state index is 0.00901. The van der Waals surface area contributed by atoms with Crippen LogP contribution in [0.5, 0.6) is 23.0 Å². The van der Waals surface area contributed by atoms with Crippen LogP contribution in [0.3, 0.4) is 0 Å². The Labute approximate surface area is 209 Å². The fraction of sp³-hybridized carbons (Fsp3) is 0.214. The van der Waals surface area contributed by atoms with Gasteiger partial charge in [0.05, 0.1) is 46.2 Å². The molecule has 1 heterocycles. The lowest BCUT2D eigenvalue weighted by Crippen LogP contribution is -2.33. The predicted octanol–water partition coefficient (Wildman–Crippen LogP) is 4.72. The van der Waals surface area contributed by atoms with E-state index >= 15 is 0 Å². The first-order valence-electron chi connectivity index (χ1n) is 11.3. The largest absolute Gasteiger partial charge is 0.495 e. The van der Waals surface area contributed by atoms with Crippen LogP contribution in [0.4, 0.5) is 5.69 Å². The van der Waals surface area contributed by atoms with Gasteiger partial charge < -0.3 is 28.8 Å². The molecule has 8 nitrogen and oxygen atoms in total. The molecule has 0 fully saturated rings. The van der Waals surface area contributed by atoms with Gasteiger partial charge >= 0.3 is 0 Å². The number of nitrogens with zero attached hydrogens (tertiary/aromatic N) is 1. The summed E-state index contributed by atoms with van der Waals surface area (Å²) in [5.74, 6) is 1.19. The maximum atomic E-state index is 14.0. The lowest BCUT2D eigenvalue weighted by Gasteiger charge is -2.25. The highest BCUT2D eigenvalue weighted by atomic mass is 16.5. The first kappa shape index (κ1) is 24.7. The zero-order valence-electron chi connectivity index (χ0n) is 20.9. The first-order valence-corrected chi connectivity index (χ1v) is 11.3. The molecule has 0 aliphatic carbocycles. The smallest absolute Gasteiger partial charge is 0.258 e. The van der Waals surface area contributed by atoms with E-state index in [1.54, 1.807) is 30.3 Å². The number of methoxy groups -OCH3 is 4. The van der Waals surface area contributed by atoms with Crippen molar-refractivity contribution in [2.75, 3.05) is 33.3 Å². The van der Waals surface area contributed by atoms with Crippen LogP contribution >= 0.6 is 0 Å². The lowest BCUT2D eigenvalue weighted by atomic mass is 10.1. The predicted molar refractivity (Wildman–Crippen MR) is 139 cm³/mol. The van der Waals surface area contributed by atoms with Crippen LogP contribution < -0.4 is 29.4 Å². The van der Waals surface area contributed by atoms with Crippen molar-refractivity contribution in [2.45, 2.75) is 13.5 Å². The molecule has 0 saturated heterocycles. The van der Waals surface area contributed by atoms with Gasteiger partial charge in [0.15, 0.2) is 11.5 Å². The van der Waals surface area contributed by atoms with Gasteiger partial charge in [0.2, 0.25) is 5.75 Å². The van der Waals surface area contributed by atoms with Crippen LogP contribution in [0.15, 0.2) is 65.5 Å². The molecule has 36 heavy (non-hydrogen) atoms. The van der Waals surface area contributed by atoms with Gasteiger partial charge in [-0.3, -0.25) is 9.59 Å². The van der Waals surface area contributed by atoms with Gasteiger partial charge in [-0.15, -0.1) is 0 Å². The molecule has 4 rings (SSSR count). The minimum Gasteiger partial charge on any atom is -0.495 e. The number of H-pyrrole nitrogens is 1. The summed E-state index contributed by atoms with van der Waals surface area (Å²) >= 11 is 0. The second kappa shape index (κ2) is 10.4. The molecule has 8 heteroatoms. The molecule has 3 aromatic carbocycles. The van der Waals surface area contributed by atoms with Crippen molar-refractivity contribution in [3.05, 3.63) is 87.7 Å². The van der Waals surface area contributed by atoms with E-state index in [2.05, 4.69) is 4.98 Å². The zero-order chi connectivity index (χ0) is 25.8. The van der Waals surface area contributed by atoms with E-state index in [9.17, 15) is 9.59 Å². The van der Waals surface area contributed by atoms with Gasteiger partial charge in [0.1, 0.15) is 5.75 Å². The summed E-state index contributed by atoms with van der Waals surface area (Å²) in [5, 5.41) is 0.879. The normalized spacial score (nSPS) is 10.7. The Bertz CT molecular complexity index is 1450. The quantitative estimate of drug-likeness (QED) is 0.386. The van der Waals surface area contributed by atoms with Crippen LogP contribution in [0.1, 0.15) is 21.5 Å². The first-order chi connectivity index (χ1) is 17.4. The molecule has 0 saturated carbocycles. The summed E-state index contributed by atoms with van der Waals surface area (Å²) in [5.41, 5.74) is 2.71. The number of carbonyl (C=O) groups excluding carboxylic acids is 1. The molecule has 0 atom stereocenters. The number of pyridine rings is 1. The van der Waals surface area contributed by atoms with E-state index in [0.717, 1.165) is 16.5 Å². The fourth-order valence-corrected chi connectivity index (χ4v) is 4.20. The Morgan fingerprint density at radius 1 is 0.833 bits per heavy atom. The Morgan fingerprint density at radius 3 is 2.14 bits per heavy atom. The van der Waals surface area contributed by atoms with E-state index < -0.39 is 0 Å². The van der Waals surface area contributed by atoms with Gasteiger partial charge in [-0.1, -0.05) is 30.3 Å². The average molecular weight is 489 g/mol. The molecule has 1 N–H and O–H groups in total. The molecule has 0 spiro atoms. The number of nitrogens with one attached hydrogen (secondary N) is 1. The molecule has 1 amide bonds. The Hall–Kier alpha value is -4.46. The number of aryl methyl sites for hydroxylation is 1. The topological polar surface area (TPSA) is 90.1 Å².